The van der Waals surface area contributed by atoms with Gasteiger partial charge in [0.25, 0.3) is 0 Å². The summed E-state index contributed by atoms with van der Waals surface area (Å²) in [5.74, 6) is -1.27. The number of fused-ring (bicyclic) bond motifs is 1. The van der Waals surface area contributed by atoms with Crippen molar-refractivity contribution in [2.24, 2.45) is 0 Å². The average Bonchev–Trinajstić information content (AvgIpc) is 3.36. The minimum atomic E-state index is -0.906. The third-order valence-corrected chi connectivity index (χ3v) is 6.12. The summed E-state index contributed by atoms with van der Waals surface area (Å²) in [5, 5.41) is 2.42. The molecule has 0 fully saturated rings. The summed E-state index contributed by atoms with van der Waals surface area (Å²) in [6.45, 7) is 1.08. The first-order chi connectivity index (χ1) is 17.4. The molecule has 2 heterocycles. The molecular weight excluding hydrogens is 470 g/mol. The van der Waals surface area contributed by atoms with Crippen LogP contribution < -0.4 is 10.1 Å². The normalized spacial score (nSPS) is 14.8. The van der Waals surface area contributed by atoms with Crippen LogP contribution in [0.3, 0.4) is 0 Å². The summed E-state index contributed by atoms with van der Waals surface area (Å²) < 4.78 is 39.9. The molecule has 3 amide bonds. The number of benzene rings is 2. The van der Waals surface area contributed by atoms with Crippen molar-refractivity contribution in [2.45, 2.75) is 12.6 Å². The summed E-state index contributed by atoms with van der Waals surface area (Å²) in [6.07, 6.45) is 1.97. The van der Waals surface area contributed by atoms with Gasteiger partial charge in [-0.05, 0) is 42.0 Å². The number of methoxy groups -OCH3 is 2. The number of nitrogens with zero attached hydrogens (tertiary/aromatic N) is 3. The molecule has 4 rings (SSSR count). The number of carbonyl (C=O) groups excluding carboxylic acids is 2. The maximum atomic E-state index is 14.1. The quantitative estimate of drug-likeness (QED) is 0.512. The molecule has 10 heteroatoms. The Balaban J connectivity index is 1.57. The van der Waals surface area contributed by atoms with E-state index in [9.17, 15) is 18.4 Å². The van der Waals surface area contributed by atoms with Crippen LogP contribution >= 0.6 is 0 Å². The number of halogens is 2. The first-order valence-electron chi connectivity index (χ1n) is 11.5. The van der Waals surface area contributed by atoms with Gasteiger partial charge in [-0.1, -0.05) is 12.1 Å². The van der Waals surface area contributed by atoms with Crippen LogP contribution in [0.2, 0.25) is 0 Å². The van der Waals surface area contributed by atoms with Crippen LogP contribution in [0.5, 0.6) is 5.75 Å². The van der Waals surface area contributed by atoms with Crippen LogP contribution in [0.4, 0.5) is 19.3 Å². The summed E-state index contributed by atoms with van der Waals surface area (Å²) >= 11 is 0. The van der Waals surface area contributed by atoms with E-state index < -0.39 is 17.7 Å². The van der Waals surface area contributed by atoms with Crippen LogP contribution in [0, 0.1) is 11.6 Å². The lowest BCUT2D eigenvalue weighted by Gasteiger charge is -2.38. The number of hydrogen-bond donors (Lipinski definition) is 1. The van der Waals surface area contributed by atoms with Gasteiger partial charge in [-0.2, -0.15) is 0 Å². The van der Waals surface area contributed by atoms with Crippen molar-refractivity contribution in [3.05, 3.63) is 83.7 Å². The second-order valence-electron chi connectivity index (χ2n) is 8.36. The van der Waals surface area contributed by atoms with E-state index in [0.717, 1.165) is 23.4 Å². The Morgan fingerprint density at radius 3 is 2.67 bits per heavy atom. The maximum Gasteiger partial charge on any atom is 0.322 e. The van der Waals surface area contributed by atoms with E-state index in [2.05, 4.69) is 9.88 Å². The highest BCUT2D eigenvalue weighted by atomic mass is 19.1. The van der Waals surface area contributed by atoms with Crippen molar-refractivity contribution in [3.8, 4) is 5.75 Å². The van der Waals surface area contributed by atoms with Crippen LogP contribution in [-0.4, -0.2) is 66.8 Å². The van der Waals surface area contributed by atoms with E-state index in [4.69, 9.17) is 9.47 Å². The van der Waals surface area contributed by atoms with E-state index in [1.54, 1.807) is 12.0 Å². The smallest absolute Gasteiger partial charge is 0.322 e. The molecule has 36 heavy (non-hydrogen) atoms. The number of urea groups is 1. The number of ether oxygens (including phenoxy) is 2. The predicted octanol–water partition coefficient (Wildman–Crippen LogP) is 3.89. The van der Waals surface area contributed by atoms with E-state index in [0.29, 0.717) is 24.9 Å². The third-order valence-electron chi connectivity index (χ3n) is 6.12. The van der Waals surface area contributed by atoms with Crippen molar-refractivity contribution in [2.75, 3.05) is 45.8 Å². The lowest BCUT2D eigenvalue weighted by molar-refractivity contribution is -0.134. The molecule has 1 N–H and O–H groups in total. The van der Waals surface area contributed by atoms with Gasteiger partial charge in [0, 0.05) is 44.7 Å². The van der Waals surface area contributed by atoms with Crippen LogP contribution in [0.25, 0.3) is 0 Å². The number of hydrogen-bond acceptors (Lipinski definition) is 4. The average molecular weight is 499 g/mol. The van der Waals surface area contributed by atoms with Gasteiger partial charge in [-0.15, -0.1) is 0 Å². The standard InChI is InChI=1S/C26H28F2N4O4/c1-35-14-13-31(26(34)29-22-9-8-19(27)16-21(22)28)17-24(33)32-12-11-30-10-4-7-23(30)25(32)18-5-3-6-20(15-18)36-2/h3-10,15-16,25H,11-14,17H2,1-2H3,(H,29,34). The SMILES string of the molecule is COCCN(CC(=O)N1CCn2cccc2C1c1cccc(OC)c1)C(=O)Nc1ccc(F)cc1F. The molecule has 1 atom stereocenters. The molecule has 1 aliphatic rings. The number of aromatic nitrogens is 1. The fourth-order valence-corrected chi connectivity index (χ4v) is 4.31. The molecule has 0 saturated carbocycles. The Morgan fingerprint density at radius 2 is 1.92 bits per heavy atom. The molecule has 8 nitrogen and oxygen atoms in total. The van der Waals surface area contributed by atoms with E-state index >= 15 is 0 Å². The highest BCUT2D eigenvalue weighted by Crippen LogP contribution is 2.34. The number of carbonyl (C=O) groups is 2. The number of amides is 3. The van der Waals surface area contributed by atoms with E-state index in [1.807, 2.05) is 42.6 Å². The molecule has 190 valence electrons. The molecule has 0 bridgehead atoms. The highest BCUT2D eigenvalue weighted by Gasteiger charge is 2.33. The van der Waals surface area contributed by atoms with Gasteiger partial charge >= 0.3 is 6.03 Å². The molecule has 2 aromatic carbocycles. The summed E-state index contributed by atoms with van der Waals surface area (Å²) in [5.41, 5.74) is 1.65. The fraction of sp³-hybridized carbons (Fsp3) is 0.308. The molecule has 1 unspecified atom stereocenters. The maximum absolute atomic E-state index is 14.1. The second kappa shape index (κ2) is 11.2. The van der Waals surface area contributed by atoms with Crippen molar-refractivity contribution in [1.82, 2.24) is 14.4 Å². The molecule has 1 aliphatic heterocycles. The van der Waals surface area contributed by atoms with Gasteiger partial charge in [0.1, 0.15) is 23.9 Å². The van der Waals surface area contributed by atoms with Gasteiger partial charge < -0.3 is 29.2 Å². The minimum absolute atomic E-state index is 0.102. The van der Waals surface area contributed by atoms with Gasteiger partial charge in [-0.25, -0.2) is 13.6 Å². The van der Waals surface area contributed by atoms with Gasteiger partial charge in [-0.3, -0.25) is 4.79 Å². The number of anilines is 1. The molecule has 1 aromatic heterocycles. The first-order valence-corrected chi connectivity index (χ1v) is 11.5. The zero-order valence-corrected chi connectivity index (χ0v) is 20.1. The Kier molecular flexibility index (Phi) is 7.84. The zero-order chi connectivity index (χ0) is 25.7. The third kappa shape index (κ3) is 5.49. The Morgan fingerprint density at radius 1 is 1.08 bits per heavy atom. The van der Waals surface area contributed by atoms with Gasteiger partial charge in [0.05, 0.1) is 25.4 Å². The topological polar surface area (TPSA) is 76.0 Å². The number of nitrogens with one attached hydrogen (secondary N) is 1. The Bertz CT molecular complexity index is 1230. The molecule has 0 aliphatic carbocycles. The molecular formula is C26H28F2N4O4. The minimum Gasteiger partial charge on any atom is -0.497 e. The van der Waals surface area contributed by atoms with Gasteiger partial charge in [0.15, 0.2) is 0 Å². The van der Waals surface area contributed by atoms with Crippen LogP contribution in [0.15, 0.2) is 60.8 Å². The highest BCUT2D eigenvalue weighted by molar-refractivity contribution is 5.92. The first kappa shape index (κ1) is 25.2. The largest absolute Gasteiger partial charge is 0.497 e. The Hall–Kier alpha value is -3.92. The zero-order valence-electron chi connectivity index (χ0n) is 20.1. The molecule has 0 radical (unpaired) electrons. The molecule has 3 aromatic rings. The lowest BCUT2D eigenvalue weighted by Crippen LogP contribution is -2.49. The van der Waals surface area contributed by atoms with Crippen molar-refractivity contribution in [1.29, 1.82) is 0 Å². The molecule has 0 saturated heterocycles. The summed E-state index contributed by atoms with van der Waals surface area (Å²) in [4.78, 5) is 29.6. The number of rotatable bonds is 8. The summed E-state index contributed by atoms with van der Waals surface area (Å²) in [6, 6.07) is 13.2. The Labute approximate surface area is 208 Å². The fourth-order valence-electron chi connectivity index (χ4n) is 4.31. The van der Waals surface area contributed by atoms with Crippen molar-refractivity contribution >= 4 is 17.6 Å². The second-order valence-corrected chi connectivity index (χ2v) is 8.36. The lowest BCUT2D eigenvalue weighted by atomic mass is 9.99. The van der Waals surface area contributed by atoms with E-state index in [1.165, 1.54) is 12.0 Å². The monoisotopic (exact) mass is 498 g/mol. The molecule has 0 spiro atoms. The summed E-state index contributed by atoms with van der Waals surface area (Å²) in [7, 11) is 3.07. The van der Waals surface area contributed by atoms with E-state index in [-0.39, 0.29) is 37.3 Å². The van der Waals surface area contributed by atoms with Gasteiger partial charge in [0.2, 0.25) is 5.91 Å². The predicted molar refractivity (Wildman–Crippen MR) is 130 cm³/mol. The van der Waals surface area contributed by atoms with Crippen molar-refractivity contribution < 1.29 is 27.8 Å². The van der Waals surface area contributed by atoms with Crippen molar-refractivity contribution in [3.63, 3.8) is 0 Å². The van der Waals surface area contributed by atoms with Crippen LogP contribution in [0.1, 0.15) is 17.3 Å². The van der Waals surface area contributed by atoms with Crippen LogP contribution in [-0.2, 0) is 16.1 Å².